The molecule has 2 saturated carbocycles. The molecule has 0 radical (unpaired) electrons. The van der Waals surface area contributed by atoms with E-state index in [4.69, 9.17) is 0 Å². The van der Waals surface area contributed by atoms with Gasteiger partial charge in [-0.2, -0.15) is 0 Å². The van der Waals surface area contributed by atoms with E-state index in [1.54, 1.807) is 19.2 Å². The number of amides is 2. The van der Waals surface area contributed by atoms with Crippen molar-refractivity contribution in [3.05, 3.63) is 65.0 Å². The molecule has 0 aliphatic heterocycles. The molecule has 2 aliphatic rings. The number of hydrogen-bond donors (Lipinski definition) is 3. The number of nitrogens with one attached hydrogen (secondary N) is 2. The second-order valence-electron chi connectivity index (χ2n) is 7.83. The van der Waals surface area contributed by atoms with Gasteiger partial charge < -0.3 is 15.7 Å². The number of carbonyl (C=O) groups excluding carboxylic acids is 2. The van der Waals surface area contributed by atoms with Gasteiger partial charge in [-0.3, -0.25) is 9.59 Å². The monoisotopic (exact) mass is 379 g/mol. The molecule has 0 spiro atoms. The van der Waals surface area contributed by atoms with Gasteiger partial charge >= 0.3 is 0 Å². The van der Waals surface area contributed by atoms with Crippen LogP contribution < -0.4 is 10.6 Å². The van der Waals surface area contributed by atoms with E-state index >= 15 is 0 Å². The topological polar surface area (TPSA) is 91.3 Å². The van der Waals surface area contributed by atoms with Crippen LogP contribution in [-0.4, -0.2) is 41.1 Å². The van der Waals surface area contributed by atoms with Crippen LogP contribution in [0.1, 0.15) is 57.8 Å². The molecule has 1 aromatic heterocycles. The second kappa shape index (κ2) is 7.36. The molecule has 3 N–H and O–H groups in total. The fourth-order valence-corrected chi connectivity index (χ4v) is 4.32. The fraction of sp³-hybridized carbons (Fsp3) is 0.409. The molecule has 2 aliphatic carbocycles. The molecule has 6 nitrogen and oxygen atoms in total. The van der Waals surface area contributed by atoms with Gasteiger partial charge in [0.15, 0.2) is 0 Å². The third kappa shape index (κ3) is 3.52. The first kappa shape index (κ1) is 18.6. The third-order valence-corrected chi connectivity index (χ3v) is 6.03. The Labute approximate surface area is 164 Å². The van der Waals surface area contributed by atoms with Crippen LogP contribution in [-0.2, 0) is 0 Å². The number of pyridine rings is 1. The van der Waals surface area contributed by atoms with E-state index in [9.17, 15) is 14.7 Å². The van der Waals surface area contributed by atoms with Crippen LogP contribution in [0.5, 0.6) is 0 Å². The zero-order chi connectivity index (χ0) is 19.8. The summed E-state index contributed by atoms with van der Waals surface area (Å²) in [7, 11) is 1.55. The van der Waals surface area contributed by atoms with E-state index in [0.717, 1.165) is 18.4 Å². The summed E-state index contributed by atoms with van der Waals surface area (Å²) in [4.78, 5) is 29.5. The molecule has 2 aromatic rings. The second-order valence-corrected chi connectivity index (χ2v) is 7.83. The number of benzene rings is 1. The normalized spacial score (nSPS) is 26.2. The van der Waals surface area contributed by atoms with Crippen LogP contribution in [0, 0.1) is 11.8 Å². The number of aliphatic hydroxyl groups is 1. The summed E-state index contributed by atoms with van der Waals surface area (Å²) in [6.45, 7) is 2.01. The van der Waals surface area contributed by atoms with Crippen LogP contribution in [0.15, 0.2) is 42.5 Å². The van der Waals surface area contributed by atoms with Gasteiger partial charge in [0.25, 0.3) is 11.8 Å². The van der Waals surface area contributed by atoms with Crippen molar-refractivity contribution >= 4 is 11.8 Å². The van der Waals surface area contributed by atoms with E-state index in [1.165, 1.54) is 0 Å². The lowest BCUT2D eigenvalue weighted by Gasteiger charge is -2.15. The van der Waals surface area contributed by atoms with E-state index < -0.39 is 0 Å². The maximum Gasteiger partial charge on any atom is 0.269 e. The quantitative estimate of drug-likeness (QED) is 0.742. The molecule has 6 heteroatoms. The zero-order valence-corrected chi connectivity index (χ0v) is 16.1. The predicted octanol–water partition coefficient (Wildman–Crippen LogP) is 2.09. The number of aliphatic hydroxyl groups excluding tert-OH is 1. The largest absolute Gasteiger partial charge is 0.393 e. The minimum atomic E-state index is -0.317. The first-order chi connectivity index (χ1) is 13.5. The molecule has 1 aromatic carbocycles. The molecule has 4 rings (SSSR count). The van der Waals surface area contributed by atoms with Gasteiger partial charge in [0.2, 0.25) is 0 Å². The van der Waals surface area contributed by atoms with Crippen LogP contribution >= 0.6 is 0 Å². The maximum atomic E-state index is 12.8. The molecule has 1 heterocycles. The average Bonchev–Trinajstić information content (AvgIpc) is 3.17. The van der Waals surface area contributed by atoms with E-state index in [-0.39, 0.29) is 35.6 Å². The number of carbonyl (C=O) groups is 2. The van der Waals surface area contributed by atoms with Gasteiger partial charge in [-0.1, -0.05) is 37.3 Å². The van der Waals surface area contributed by atoms with Crippen molar-refractivity contribution < 1.29 is 14.7 Å². The summed E-state index contributed by atoms with van der Waals surface area (Å²) in [6, 6.07) is 13.3. The first-order valence-electron chi connectivity index (χ1n) is 9.76. The summed E-state index contributed by atoms with van der Waals surface area (Å²) in [6.07, 6.45) is 1.28. The Morgan fingerprint density at radius 1 is 1.11 bits per heavy atom. The Balaban J connectivity index is 1.59. The standard InChI is InChI=1S/C22H25N3O3/c1-12(13-6-4-3-5-7-13)18-8-14(9-19(24-18)22(28)23-2)21(27)25-20-16-10-15(26)11-17(16)20/h3-9,12,15-17,20,26H,10-11H2,1-2H3,(H,23,28)(H,25,27). The highest BCUT2D eigenvalue weighted by atomic mass is 16.3. The minimum absolute atomic E-state index is 0.0483. The molecule has 3 atom stereocenters. The summed E-state index contributed by atoms with van der Waals surface area (Å²) in [5, 5.41) is 15.3. The van der Waals surface area contributed by atoms with Crippen molar-refractivity contribution in [2.75, 3.05) is 7.05 Å². The van der Waals surface area contributed by atoms with Crippen LogP contribution in [0.3, 0.4) is 0 Å². The van der Waals surface area contributed by atoms with Crippen LogP contribution in [0.25, 0.3) is 0 Å². The lowest BCUT2D eigenvalue weighted by Crippen LogP contribution is -2.30. The Kier molecular flexibility index (Phi) is 4.89. The SMILES string of the molecule is CNC(=O)c1cc(C(=O)NC2C3CC(O)CC32)cc(C(C)c2ccccc2)n1. The van der Waals surface area contributed by atoms with Gasteiger partial charge in [-0.05, 0) is 42.4 Å². The Morgan fingerprint density at radius 3 is 2.43 bits per heavy atom. The van der Waals surface area contributed by atoms with E-state index in [0.29, 0.717) is 23.1 Å². The molecule has 0 bridgehead atoms. The van der Waals surface area contributed by atoms with Crippen molar-refractivity contribution in [2.24, 2.45) is 11.8 Å². The lowest BCUT2D eigenvalue weighted by molar-refractivity contribution is 0.0936. The zero-order valence-electron chi connectivity index (χ0n) is 16.1. The molecule has 2 amide bonds. The molecule has 146 valence electrons. The summed E-state index contributed by atoms with van der Waals surface area (Å²) >= 11 is 0. The van der Waals surface area contributed by atoms with Crippen molar-refractivity contribution in [3.8, 4) is 0 Å². The average molecular weight is 379 g/mol. The number of fused-ring (bicyclic) bond motifs is 1. The lowest BCUT2D eigenvalue weighted by atomic mass is 9.95. The molecule has 28 heavy (non-hydrogen) atoms. The fourth-order valence-electron chi connectivity index (χ4n) is 4.32. The molecule has 2 fully saturated rings. The van der Waals surface area contributed by atoms with Crippen molar-refractivity contribution in [1.82, 2.24) is 15.6 Å². The molecule has 0 saturated heterocycles. The van der Waals surface area contributed by atoms with Crippen molar-refractivity contribution in [1.29, 1.82) is 0 Å². The van der Waals surface area contributed by atoms with E-state index in [2.05, 4.69) is 15.6 Å². The first-order valence-corrected chi connectivity index (χ1v) is 9.76. The highest BCUT2D eigenvalue weighted by Crippen LogP contribution is 2.52. The molecular formula is C22H25N3O3. The number of rotatable bonds is 5. The summed E-state index contributed by atoms with van der Waals surface area (Å²) < 4.78 is 0. The highest BCUT2D eigenvalue weighted by Gasteiger charge is 2.56. The number of aromatic nitrogens is 1. The minimum Gasteiger partial charge on any atom is -0.393 e. The molecule has 3 unspecified atom stereocenters. The summed E-state index contributed by atoms with van der Waals surface area (Å²) in [5.41, 5.74) is 2.43. The Bertz CT molecular complexity index is 887. The number of hydrogen-bond acceptors (Lipinski definition) is 4. The summed E-state index contributed by atoms with van der Waals surface area (Å²) in [5.74, 6) is 0.196. The maximum absolute atomic E-state index is 12.8. The molecular weight excluding hydrogens is 354 g/mol. The third-order valence-electron chi connectivity index (χ3n) is 6.03. The van der Waals surface area contributed by atoms with Crippen molar-refractivity contribution in [3.63, 3.8) is 0 Å². The van der Waals surface area contributed by atoms with Gasteiger partial charge in [-0.25, -0.2) is 4.98 Å². The smallest absolute Gasteiger partial charge is 0.269 e. The van der Waals surface area contributed by atoms with Crippen LogP contribution in [0.4, 0.5) is 0 Å². The van der Waals surface area contributed by atoms with Gasteiger partial charge in [0.1, 0.15) is 5.69 Å². The number of nitrogens with zero attached hydrogens (tertiary/aromatic N) is 1. The van der Waals surface area contributed by atoms with Gasteiger partial charge in [0.05, 0.1) is 6.10 Å². The van der Waals surface area contributed by atoms with E-state index in [1.807, 2.05) is 37.3 Å². The highest BCUT2D eigenvalue weighted by molar-refractivity contribution is 5.99. The van der Waals surface area contributed by atoms with Crippen LogP contribution in [0.2, 0.25) is 0 Å². The Morgan fingerprint density at radius 2 is 1.79 bits per heavy atom. The predicted molar refractivity (Wildman–Crippen MR) is 105 cm³/mol. The van der Waals surface area contributed by atoms with Gasteiger partial charge in [-0.15, -0.1) is 0 Å². The Hall–Kier alpha value is -2.73. The van der Waals surface area contributed by atoms with Crippen molar-refractivity contribution in [2.45, 2.75) is 37.8 Å². The van der Waals surface area contributed by atoms with Gasteiger partial charge in [0, 0.05) is 30.3 Å².